The average molecular weight is 278 g/mol. The molecule has 2 fully saturated rings. The van der Waals surface area contributed by atoms with Crippen molar-refractivity contribution in [2.45, 2.75) is 52.1 Å². The minimum absolute atomic E-state index is 0.204. The second-order valence-electron chi connectivity index (χ2n) is 6.39. The molecule has 1 atom stereocenters. The molecule has 18 heavy (non-hydrogen) atoms. The summed E-state index contributed by atoms with van der Waals surface area (Å²) in [5.41, 5.74) is -0.262. The number of halogens is 1. The zero-order chi connectivity index (χ0) is 13.6. The van der Waals surface area contributed by atoms with Crippen LogP contribution in [0.3, 0.4) is 0 Å². The summed E-state index contributed by atoms with van der Waals surface area (Å²) in [5, 5.41) is 0. The molecule has 1 unspecified atom stereocenters. The van der Waals surface area contributed by atoms with Crippen LogP contribution in [-0.2, 0) is 19.8 Å². The molecule has 1 saturated heterocycles. The summed E-state index contributed by atoms with van der Waals surface area (Å²) in [4.78, 5) is 11.4. The van der Waals surface area contributed by atoms with Crippen molar-refractivity contribution in [2.75, 3.05) is 5.75 Å². The van der Waals surface area contributed by atoms with Crippen molar-refractivity contribution < 1.29 is 21.8 Å². The molecule has 0 aromatic carbocycles. The third kappa shape index (κ3) is 2.84. The number of cyclic esters (lactones) is 1. The first kappa shape index (κ1) is 13.8. The van der Waals surface area contributed by atoms with Gasteiger partial charge in [-0.15, -0.1) is 3.89 Å². The molecule has 0 aromatic rings. The van der Waals surface area contributed by atoms with Gasteiger partial charge in [-0.3, -0.25) is 4.79 Å². The maximum absolute atomic E-state index is 12.8. The van der Waals surface area contributed by atoms with Crippen molar-refractivity contribution >= 4 is 16.2 Å². The largest absolute Gasteiger partial charge is 0.461 e. The Balaban J connectivity index is 2.17. The maximum atomic E-state index is 12.8. The first-order chi connectivity index (χ1) is 8.12. The molecule has 4 nitrogen and oxygen atoms in total. The standard InChI is InChI=1S/C12H19FO4S/c1-11(2)3-5-12(6-4-11)7-10(14)17-9(12)8-18(13,15)16/h9H,3-8H2,1-2H3. The lowest BCUT2D eigenvalue weighted by molar-refractivity contribution is -0.141. The van der Waals surface area contributed by atoms with Crippen molar-refractivity contribution in [3.63, 3.8) is 0 Å². The van der Waals surface area contributed by atoms with Crippen LogP contribution in [0.15, 0.2) is 0 Å². The van der Waals surface area contributed by atoms with Crippen molar-refractivity contribution in [1.29, 1.82) is 0 Å². The first-order valence-electron chi connectivity index (χ1n) is 6.24. The van der Waals surface area contributed by atoms with Gasteiger partial charge in [-0.25, -0.2) is 0 Å². The molecule has 1 heterocycles. The van der Waals surface area contributed by atoms with E-state index in [1.54, 1.807) is 0 Å². The molecule has 1 aliphatic heterocycles. The van der Waals surface area contributed by atoms with Crippen molar-refractivity contribution in [3.8, 4) is 0 Å². The lowest BCUT2D eigenvalue weighted by Gasteiger charge is -2.42. The summed E-state index contributed by atoms with van der Waals surface area (Å²) in [5.74, 6) is -1.09. The third-order valence-electron chi connectivity index (χ3n) is 4.40. The molecule has 0 N–H and O–H groups in total. The van der Waals surface area contributed by atoms with Gasteiger partial charge in [-0.2, -0.15) is 8.42 Å². The Kier molecular flexibility index (Phi) is 3.20. The van der Waals surface area contributed by atoms with Gasteiger partial charge in [0.2, 0.25) is 0 Å². The van der Waals surface area contributed by atoms with E-state index in [1.165, 1.54) is 0 Å². The Morgan fingerprint density at radius 2 is 1.83 bits per heavy atom. The molecule has 2 aliphatic rings. The van der Waals surface area contributed by atoms with E-state index in [4.69, 9.17) is 4.74 Å². The Hall–Kier alpha value is -0.650. The van der Waals surface area contributed by atoms with Crippen LogP contribution in [0.1, 0.15) is 46.0 Å². The second kappa shape index (κ2) is 4.18. The number of esters is 1. The molecule has 0 aromatic heterocycles. The summed E-state index contributed by atoms with van der Waals surface area (Å²) in [6.45, 7) is 4.30. The van der Waals surface area contributed by atoms with E-state index >= 15 is 0 Å². The molecule has 6 heteroatoms. The zero-order valence-corrected chi connectivity index (χ0v) is 11.6. The third-order valence-corrected chi connectivity index (χ3v) is 5.10. The number of carbonyl (C=O) groups excluding carboxylic acids is 1. The van der Waals surface area contributed by atoms with E-state index < -0.39 is 33.5 Å². The Bertz CT molecular complexity index is 445. The zero-order valence-electron chi connectivity index (χ0n) is 10.7. The molecular formula is C12H19FO4S. The maximum Gasteiger partial charge on any atom is 0.306 e. The number of hydrogen-bond donors (Lipinski definition) is 0. The van der Waals surface area contributed by atoms with Crippen LogP contribution in [0.2, 0.25) is 0 Å². The highest BCUT2D eigenvalue weighted by molar-refractivity contribution is 7.86. The Morgan fingerprint density at radius 3 is 2.33 bits per heavy atom. The van der Waals surface area contributed by atoms with E-state index in [0.717, 1.165) is 25.7 Å². The van der Waals surface area contributed by atoms with Gasteiger partial charge in [0.15, 0.2) is 0 Å². The lowest BCUT2D eigenvalue weighted by Crippen LogP contribution is -2.40. The Morgan fingerprint density at radius 1 is 1.28 bits per heavy atom. The van der Waals surface area contributed by atoms with E-state index in [9.17, 15) is 17.1 Å². The van der Waals surface area contributed by atoms with E-state index in [-0.39, 0.29) is 11.8 Å². The molecule has 1 saturated carbocycles. The summed E-state index contributed by atoms with van der Waals surface area (Å²) < 4.78 is 39.5. The predicted molar refractivity (Wildman–Crippen MR) is 64.1 cm³/mol. The predicted octanol–water partition coefficient (Wildman–Crippen LogP) is 2.19. The van der Waals surface area contributed by atoms with Gasteiger partial charge >= 0.3 is 16.2 Å². The fourth-order valence-corrected chi connectivity index (χ4v) is 3.82. The molecule has 104 valence electrons. The highest BCUT2D eigenvalue weighted by Gasteiger charge is 2.52. The van der Waals surface area contributed by atoms with Crippen LogP contribution in [0.25, 0.3) is 0 Å². The van der Waals surface area contributed by atoms with E-state index in [0.29, 0.717) is 0 Å². The van der Waals surface area contributed by atoms with Gasteiger partial charge in [-0.1, -0.05) is 13.8 Å². The van der Waals surface area contributed by atoms with Gasteiger partial charge in [0.1, 0.15) is 11.9 Å². The smallest absolute Gasteiger partial charge is 0.306 e. The quantitative estimate of drug-likeness (QED) is 0.574. The van der Waals surface area contributed by atoms with E-state index in [1.807, 2.05) is 0 Å². The summed E-state index contributed by atoms with van der Waals surface area (Å²) >= 11 is 0. The topological polar surface area (TPSA) is 60.4 Å². The van der Waals surface area contributed by atoms with Crippen molar-refractivity contribution in [3.05, 3.63) is 0 Å². The van der Waals surface area contributed by atoms with Crippen LogP contribution in [0, 0.1) is 10.8 Å². The first-order valence-corrected chi connectivity index (χ1v) is 7.79. The number of ether oxygens (including phenoxy) is 1. The lowest BCUT2D eigenvalue weighted by atomic mass is 9.62. The minimum Gasteiger partial charge on any atom is -0.461 e. The number of hydrogen-bond acceptors (Lipinski definition) is 4. The van der Waals surface area contributed by atoms with Crippen LogP contribution in [0.4, 0.5) is 3.89 Å². The fourth-order valence-electron chi connectivity index (χ4n) is 3.04. The minimum atomic E-state index is -4.61. The molecule has 0 amide bonds. The Labute approximate surface area is 107 Å². The number of rotatable bonds is 2. The molecule has 0 bridgehead atoms. The van der Waals surface area contributed by atoms with Gasteiger partial charge in [0.05, 0.1) is 6.42 Å². The monoisotopic (exact) mass is 278 g/mol. The SMILES string of the molecule is CC1(C)CCC2(CC1)CC(=O)OC2CS(=O)(=O)F. The van der Waals surface area contributed by atoms with Crippen LogP contribution in [0.5, 0.6) is 0 Å². The van der Waals surface area contributed by atoms with Crippen molar-refractivity contribution in [1.82, 2.24) is 0 Å². The summed E-state index contributed by atoms with van der Waals surface area (Å²) in [6, 6.07) is 0. The summed E-state index contributed by atoms with van der Waals surface area (Å²) in [7, 11) is -4.61. The highest BCUT2D eigenvalue weighted by atomic mass is 32.3. The number of carbonyl (C=O) groups is 1. The van der Waals surface area contributed by atoms with Crippen LogP contribution < -0.4 is 0 Å². The highest BCUT2D eigenvalue weighted by Crippen LogP contribution is 2.52. The molecule has 1 aliphatic carbocycles. The average Bonchev–Trinajstić information content (AvgIpc) is 2.46. The van der Waals surface area contributed by atoms with Crippen molar-refractivity contribution in [2.24, 2.45) is 10.8 Å². The fraction of sp³-hybridized carbons (Fsp3) is 0.917. The molecule has 2 rings (SSSR count). The van der Waals surface area contributed by atoms with Gasteiger partial charge in [0.25, 0.3) is 0 Å². The molecule has 0 radical (unpaired) electrons. The normalized spacial score (nSPS) is 30.4. The van der Waals surface area contributed by atoms with Crippen LogP contribution >= 0.6 is 0 Å². The van der Waals surface area contributed by atoms with Gasteiger partial charge in [0, 0.05) is 5.41 Å². The van der Waals surface area contributed by atoms with Crippen LogP contribution in [-0.4, -0.2) is 26.2 Å². The van der Waals surface area contributed by atoms with E-state index in [2.05, 4.69) is 13.8 Å². The molecule has 1 spiro atoms. The summed E-state index contributed by atoms with van der Waals surface area (Å²) in [6.07, 6.45) is 2.69. The second-order valence-corrected chi connectivity index (χ2v) is 7.80. The molecular weight excluding hydrogens is 259 g/mol. The van der Waals surface area contributed by atoms with Gasteiger partial charge < -0.3 is 4.74 Å². The van der Waals surface area contributed by atoms with Gasteiger partial charge in [-0.05, 0) is 31.1 Å².